The molecule has 1 amide bonds. The minimum absolute atomic E-state index is 0.0746. The lowest BCUT2D eigenvalue weighted by atomic mass is 10.0. The molecular weight excluding hydrogens is 620 g/mol. The van der Waals surface area contributed by atoms with Gasteiger partial charge in [-0.1, -0.05) is 78.0 Å². The van der Waals surface area contributed by atoms with Gasteiger partial charge in [0.05, 0.1) is 29.9 Å². The number of imidazole rings is 1. The number of hydrogen-bond acceptors (Lipinski definition) is 6. The molecule has 0 saturated carbocycles. The van der Waals surface area contributed by atoms with Crippen LogP contribution in [0.1, 0.15) is 72.8 Å². The number of H-pyrrole nitrogens is 1. The molecule has 2 heterocycles. The zero-order chi connectivity index (χ0) is 30.2. The molecule has 1 aliphatic heterocycles. The molecule has 11 heteroatoms. The van der Waals surface area contributed by atoms with E-state index in [0.717, 1.165) is 27.2 Å². The van der Waals surface area contributed by atoms with E-state index in [2.05, 4.69) is 57.7 Å². The quantitative estimate of drug-likeness (QED) is 0.248. The first-order valence-electron chi connectivity index (χ1n) is 13.9. The Kier molecular flexibility index (Phi) is 9.35. The lowest BCUT2D eigenvalue weighted by Crippen LogP contribution is -2.45. The Morgan fingerprint density at radius 1 is 1.17 bits per heavy atom. The number of aromatic amines is 1. The molecule has 41 heavy (non-hydrogen) atoms. The Balaban J connectivity index is 1.50. The summed E-state index contributed by atoms with van der Waals surface area (Å²) in [6.45, 7) is 12.9. The number of carbonyl (C=O) groups excluding carboxylic acids is 1. The van der Waals surface area contributed by atoms with Crippen molar-refractivity contribution in [2.45, 2.75) is 82.2 Å². The van der Waals surface area contributed by atoms with Crippen molar-refractivity contribution in [2.75, 3.05) is 6.61 Å². The van der Waals surface area contributed by atoms with Crippen molar-refractivity contribution >= 4 is 39.9 Å². The van der Waals surface area contributed by atoms with E-state index >= 15 is 0 Å². The number of amides is 1. The van der Waals surface area contributed by atoms with Gasteiger partial charge in [-0.15, -0.1) is 0 Å². The van der Waals surface area contributed by atoms with Crippen molar-refractivity contribution in [1.82, 2.24) is 14.3 Å². The lowest BCUT2D eigenvalue weighted by Gasteiger charge is -2.30. The van der Waals surface area contributed by atoms with Crippen LogP contribution >= 0.6 is 15.9 Å². The highest BCUT2D eigenvalue weighted by atomic mass is 79.9. The molecule has 0 radical (unpaired) electrons. The second kappa shape index (κ2) is 12.1. The molecule has 1 fully saturated rings. The Hall–Kier alpha value is -2.31. The largest absolute Gasteiger partial charge is 0.367 e. The minimum atomic E-state index is -3.83. The van der Waals surface area contributed by atoms with Gasteiger partial charge in [0.2, 0.25) is 15.9 Å². The number of hydrogen-bond donors (Lipinski definition) is 2. The van der Waals surface area contributed by atoms with Crippen LogP contribution in [0.15, 0.2) is 59.2 Å². The van der Waals surface area contributed by atoms with E-state index in [1.165, 1.54) is 0 Å². The molecule has 0 spiro atoms. The maximum atomic E-state index is 13.3. The average molecular weight is 662 g/mol. The Labute approximate surface area is 253 Å². The second-order valence-electron chi connectivity index (χ2n) is 12.9. The number of nitrogens with two attached hydrogens (primary N) is 1. The van der Waals surface area contributed by atoms with Crippen LogP contribution in [0.5, 0.6) is 0 Å². The predicted molar refractivity (Wildman–Crippen MR) is 169 cm³/mol. The number of nitrogens with zero attached hydrogens (tertiary/aromatic N) is 2. The van der Waals surface area contributed by atoms with Crippen molar-refractivity contribution in [3.8, 4) is 0 Å². The third-order valence-electron chi connectivity index (χ3n) is 7.16. The lowest BCUT2D eigenvalue weighted by molar-refractivity contribution is -0.128. The van der Waals surface area contributed by atoms with E-state index in [4.69, 9.17) is 10.5 Å². The van der Waals surface area contributed by atoms with Gasteiger partial charge in [0.15, 0.2) is 0 Å². The second-order valence-corrected chi connectivity index (χ2v) is 21.4. The van der Waals surface area contributed by atoms with Gasteiger partial charge in [-0.3, -0.25) is 4.79 Å². The van der Waals surface area contributed by atoms with E-state index in [-0.39, 0.29) is 18.4 Å². The number of aromatic nitrogens is 2. The Bertz CT molecular complexity index is 1480. The fourth-order valence-electron chi connectivity index (χ4n) is 5.10. The third kappa shape index (κ3) is 7.37. The molecule has 8 nitrogen and oxygen atoms in total. The molecule has 3 atom stereocenters. The van der Waals surface area contributed by atoms with Crippen molar-refractivity contribution in [3.05, 3.63) is 87.4 Å². The van der Waals surface area contributed by atoms with Crippen molar-refractivity contribution < 1.29 is 17.9 Å². The highest BCUT2D eigenvalue weighted by molar-refractivity contribution is 9.10. The van der Waals surface area contributed by atoms with E-state index < -0.39 is 34.9 Å². The highest BCUT2D eigenvalue weighted by Crippen LogP contribution is 2.42. The summed E-state index contributed by atoms with van der Waals surface area (Å²) in [6.07, 6.45) is 1.94. The predicted octanol–water partition coefficient (Wildman–Crippen LogP) is 6.26. The van der Waals surface area contributed by atoms with Gasteiger partial charge < -0.3 is 15.5 Å². The van der Waals surface area contributed by atoms with Gasteiger partial charge in [-0.25, -0.2) is 17.7 Å². The summed E-state index contributed by atoms with van der Waals surface area (Å²) in [5, 5.41) is -0.921. The maximum Gasteiger partial charge on any atom is 0.245 e. The van der Waals surface area contributed by atoms with Crippen molar-refractivity contribution in [2.24, 2.45) is 5.73 Å². The van der Waals surface area contributed by atoms with Gasteiger partial charge in [0, 0.05) is 19.2 Å². The molecule has 0 bridgehead atoms. The molecule has 1 saturated heterocycles. The van der Waals surface area contributed by atoms with Gasteiger partial charge in [-0.05, 0) is 56.0 Å². The van der Waals surface area contributed by atoms with Gasteiger partial charge in [-0.2, -0.15) is 0 Å². The number of nitrogens with one attached hydrogen (secondary N) is 1. The summed E-state index contributed by atoms with van der Waals surface area (Å²) in [5.41, 5.74) is 9.17. The maximum absolute atomic E-state index is 13.3. The van der Waals surface area contributed by atoms with Crippen LogP contribution < -0.4 is 5.73 Å². The molecule has 4 rings (SSSR count). The Morgan fingerprint density at radius 3 is 2.44 bits per heavy atom. The zero-order valence-corrected chi connectivity index (χ0v) is 28.1. The zero-order valence-electron chi connectivity index (χ0n) is 24.6. The summed E-state index contributed by atoms with van der Waals surface area (Å²) in [6, 6.07) is 16.3. The highest BCUT2D eigenvalue weighted by Gasteiger charge is 2.50. The van der Waals surface area contributed by atoms with Crippen LogP contribution in [-0.4, -0.2) is 48.8 Å². The normalized spacial score (nSPS) is 19.0. The molecule has 2 aromatic carbocycles. The van der Waals surface area contributed by atoms with Crippen LogP contribution in [0.2, 0.25) is 25.7 Å². The number of halogens is 1. The summed E-state index contributed by atoms with van der Waals surface area (Å²) >= 11 is 3.56. The number of ether oxygens (including phenoxy) is 1. The number of rotatable bonds is 10. The van der Waals surface area contributed by atoms with Crippen LogP contribution in [0, 0.1) is 0 Å². The van der Waals surface area contributed by atoms with Gasteiger partial charge >= 0.3 is 0 Å². The number of carbonyl (C=O) groups is 1. The molecule has 0 aliphatic carbocycles. The molecule has 3 N–H and O–H groups in total. The molecule has 1 aliphatic rings. The summed E-state index contributed by atoms with van der Waals surface area (Å²) in [7, 11) is -5.08. The molecular formula is C30H41BrN4O4SSi. The third-order valence-corrected chi connectivity index (χ3v) is 12.0. The first-order valence-corrected chi connectivity index (χ1v) is 19.9. The fourth-order valence-corrected chi connectivity index (χ4v) is 8.94. The summed E-state index contributed by atoms with van der Waals surface area (Å²) in [5.74, 6) is 0.270. The van der Waals surface area contributed by atoms with E-state index in [1.807, 2.05) is 30.3 Å². The standard InChI is InChI=1S/C30H41BrN4O4SSi/c1-30(2,3)35-27(36)18-26(40(35,37)38)22-13-12-20(16-23(22)31)17-24(32)29-33-19-25(34-29)28(21-10-8-7-9-11-21)39-14-15-41(4,5)6/h7-13,16,19,24,26,28H,14-15,17-18,32H2,1-6H3,(H,33,34)/t24-,26?,28?/m0/s1. The summed E-state index contributed by atoms with van der Waals surface area (Å²) < 4.78 is 34.6. The molecule has 2 unspecified atom stereocenters. The average Bonchev–Trinajstić information content (AvgIpc) is 3.43. The Morgan fingerprint density at radius 2 is 1.85 bits per heavy atom. The molecule has 3 aromatic rings. The van der Waals surface area contributed by atoms with Gasteiger partial charge in [0.25, 0.3) is 0 Å². The smallest absolute Gasteiger partial charge is 0.245 e. The van der Waals surface area contributed by atoms with E-state index in [0.29, 0.717) is 28.9 Å². The first-order chi connectivity index (χ1) is 19.1. The van der Waals surface area contributed by atoms with E-state index in [1.54, 1.807) is 33.0 Å². The van der Waals surface area contributed by atoms with Crippen molar-refractivity contribution in [3.63, 3.8) is 0 Å². The molecule has 1 aromatic heterocycles. The molecule has 222 valence electrons. The first kappa shape index (κ1) is 31.6. The fraction of sp³-hybridized carbons (Fsp3) is 0.467. The van der Waals surface area contributed by atoms with Crippen molar-refractivity contribution in [1.29, 1.82) is 0 Å². The van der Waals surface area contributed by atoms with Crippen LogP contribution in [0.3, 0.4) is 0 Å². The van der Waals surface area contributed by atoms with E-state index in [9.17, 15) is 13.2 Å². The SMILES string of the molecule is CC(C)(C)N1C(=O)CC(c2ccc(C[C@H](N)c3ncc(C(OCC[Si](C)(C)C)c4ccccc4)[nH]3)cc2Br)S1(=O)=O. The van der Waals surface area contributed by atoms with Gasteiger partial charge in [0.1, 0.15) is 17.2 Å². The summed E-state index contributed by atoms with van der Waals surface area (Å²) in [4.78, 5) is 20.6. The number of benzene rings is 2. The topological polar surface area (TPSA) is 118 Å². The monoisotopic (exact) mass is 660 g/mol. The van der Waals surface area contributed by atoms with Crippen LogP contribution in [0.4, 0.5) is 0 Å². The van der Waals surface area contributed by atoms with Crippen LogP contribution in [-0.2, 0) is 26.0 Å². The van der Waals surface area contributed by atoms with Crippen LogP contribution in [0.25, 0.3) is 0 Å². The minimum Gasteiger partial charge on any atom is -0.367 e. The number of sulfonamides is 1.